The number of aliphatic hydroxyl groups excluding tert-OH is 1. The molecule has 1 amide bonds. The van der Waals surface area contributed by atoms with E-state index in [1.165, 1.54) is 38.1 Å². The molecule has 16 nitrogen and oxygen atoms in total. The minimum atomic E-state index is -2.46. The van der Waals surface area contributed by atoms with Gasteiger partial charge in [0.05, 0.1) is 35.2 Å². The van der Waals surface area contributed by atoms with Crippen LogP contribution < -0.4 is 5.32 Å². The number of hydrogen-bond donors (Lipinski definition) is 3. The molecule has 4 aromatic rings. The molecule has 3 N–H and O–H groups in total. The van der Waals surface area contributed by atoms with Crippen LogP contribution in [0.25, 0.3) is 0 Å². The van der Waals surface area contributed by atoms with Gasteiger partial charge in [0.2, 0.25) is 6.10 Å². The number of aliphatic hydroxyl groups is 2. The number of carbonyl (C=O) groups is 7. The number of fused-ring (bicyclic) bond motifs is 5. The van der Waals surface area contributed by atoms with Gasteiger partial charge in [0.15, 0.2) is 17.5 Å². The number of esters is 5. The molecule has 1 heterocycles. The largest absolute Gasteiger partial charge is 0.455 e. The Morgan fingerprint density at radius 1 is 0.729 bits per heavy atom. The first-order valence-corrected chi connectivity index (χ1v) is 23.0. The SMILES string of the molecule is CC(=O)OC1C(=O)C2(C)C(O)CC3OCC3(OC(C)=O)C2C(OC(=O)c2ccccc2)C2(O)CC(OC(=O)C(OC(=O)c3ccccc3)C(NC(=O)c3ccccc3)c3ccccc3)C(C)=C1C2(C)C. The number of ketones is 1. The molecule has 3 fully saturated rings. The van der Waals surface area contributed by atoms with E-state index in [1.54, 1.807) is 111 Å². The van der Waals surface area contributed by atoms with E-state index in [-0.39, 0.29) is 40.9 Å². The molecular weight excluding hydrogens is 903 g/mol. The van der Waals surface area contributed by atoms with Gasteiger partial charge >= 0.3 is 29.8 Å². The fraction of sp³-hybridized carbons (Fsp3) is 0.389. The molecule has 366 valence electrons. The molecule has 8 rings (SSSR count). The molecule has 16 heteroatoms. The van der Waals surface area contributed by atoms with Gasteiger partial charge in [-0.1, -0.05) is 98.8 Å². The molecule has 4 aromatic carbocycles. The third-order valence-electron chi connectivity index (χ3n) is 14.7. The molecule has 70 heavy (non-hydrogen) atoms. The normalized spacial score (nSPS) is 29.4. The van der Waals surface area contributed by atoms with Crippen molar-refractivity contribution in [2.45, 2.75) is 108 Å². The van der Waals surface area contributed by atoms with Crippen molar-refractivity contribution >= 4 is 41.5 Å². The second-order valence-electron chi connectivity index (χ2n) is 19.1. The maximum absolute atomic E-state index is 15.7. The molecule has 3 aliphatic carbocycles. The summed E-state index contributed by atoms with van der Waals surface area (Å²) < 4.78 is 36.9. The van der Waals surface area contributed by atoms with Gasteiger partial charge < -0.3 is 44.0 Å². The maximum atomic E-state index is 15.7. The van der Waals surface area contributed by atoms with E-state index in [4.69, 9.17) is 28.4 Å². The van der Waals surface area contributed by atoms with Crippen molar-refractivity contribution in [1.82, 2.24) is 5.32 Å². The van der Waals surface area contributed by atoms with Gasteiger partial charge in [-0.15, -0.1) is 0 Å². The number of amides is 1. The lowest BCUT2D eigenvalue weighted by atomic mass is 9.44. The lowest BCUT2D eigenvalue weighted by molar-refractivity contribution is -0.346. The molecule has 1 aliphatic heterocycles. The first-order valence-electron chi connectivity index (χ1n) is 23.0. The van der Waals surface area contributed by atoms with Crippen molar-refractivity contribution in [3.8, 4) is 0 Å². The van der Waals surface area contributed by atoms with E-state index in [1.807, 2.05) is 0 Å². The Balaban J connectivity index is 1.31. The van der Waals surface area contributed by atoms with Gasteiger partial charge in [-0.2, -0.15) is 0 Å². The van der Waals surface area contributed by atoms with Crippen molar-refractivity contribution in [2.75, 3.05) is 6.61 Å². The molecule has 0 aromatic heterocycles. The Kier molecular flexibility index (Phi) is 13.5. The van der Waals surface area contributed by atoms with Gasteiger partial charge in [-0.25, -0.2) is 14.4 Å². The predicted octanol–water partition coefficient (Wildman–Crippen LogP) is 5.60. The number of Topliss-reactive ketones (excluding diaryl/α,β-unsaturated/α-hetero) is 1. The minimum absolute atomic E-state index is 0.0322. The summed E-state index contributed by atoms with van der Waals surface area (Å²) in [6.07, 6.45) is -10.7. The summed E-state index contributed by atoms with van der Waals surface area (Å²) in [7, 11) is 0. The monoisotopic (exact) mass is 957 g/mol. The van der Waals surface area contributed by atoms with E-state index in [2.05, 4.69) is 5.32 Å². The van der Waals surface area contributed by atoms with Crippen molar-refractivity contribution in [2.24, 2.45) is 16.7 Å². The summed E-state index contributed by atoms with van der Waals surface area (Å²) in [6.45, 7) is 7.93. The Morgan fingerprint density at radius 2 is 1.27 bits per heavy atom. The van der Waals surface area contributed by atoms with Crippen molar-refractivity contribution in [3.05, 3.63) is 155 Å². The average Bonchev–Trinajstić information content (AvgIpc) is 3.34. The Morgan fingerprint density at radius 3 is 1.80 bits per heavy atom. The number of rotatable bonds is 12. The van der Waals surface area contributed by atoms with Crippen LogP contribution in [0.5, 0.6) is 0 Å². The summed E-state index contributed by atoms with van der Waals surface area (Å²) in [5.41, 5.74) is -7.28. The fourth-order valence-corrected chi connectivity index (χ4v) is 11.0. The van der Waals surface area contributed by atoms with Crippen LogP contribution in [-0.4, -0.2) is 106 Å². The second-order valence-corrected chi connectivity index (χ2v) is 19.1. The molecule has 4 aliphatic rings. The summed E-state index contributed by atoms with van der Waals surface area (Å²) in [4.78, 5) is 99.7. The minimum Gasteiger partial charge on any atom is -0.455 e. The standard InChI is InChI=1S/C54H55NO15/c1-30-37(67-50(63)43(68-48(61)35-23-15-9-16-24-35)41(33-19-11-7-12-20-33)55-47(60)34-21-13-8-14-22-34)28-54(64)46(69-49(62)36-25-17-10-18-26-36)44-52(6,38(58)27-39-53(44,29-65-39)70-32(3)57)45(59)42(66-31(2)56)40(30)51(54,4)5/h7-26,37-39,41-44,46,58,64H,27-29H2,1-6H3,(H,55,60). The molecule has 2 bridgehead atoms. The zero-order chi connectivity index (χ0) is 50.3. The smallest absolute Gasteiger partial charge is 0.350 e. The Hall–Kier alpha value is -7.01. The number of benzene rings is 4. The molecule has 2 saturated carbocycles. The number of nitrogens with one attached hydrogen (secondary N) is 1. The summed E-state index contributed by atoms with van der Waals surface area (Å²) in [5, 5.41) is 29.0. The Bertz CT molecular complexity index is 2710. The molecule has 11 atom stereocenters. The van der Waals surface area contributed by atoms with E-state index < -0.39 is 119 Å². The lowest BCUT2D eigenvalue weighted by Gasteiger charge is -2.67. The van der Waals surface area contributed by atoms with Crippen LogP contribution in [0, 0.1) is 16.7 Å². The van der Waals surface area contributed by atoms with Gasteiger partial charge in [0, 0.05) is 37.7 Å². The average molecular weight is 958 g/mol. The van der Waals surface area contributed by atoms with Gasteiger partial charge in [0.1, 0.15) is 30.0 Å². The third kappa shape index (κ3) is 8.57. The zero-order valence-electron chi connectivity index (χ0n) is 39.5. The number of ether oxygens (including phenoxy) is 6. The van der Waals surface area contributed by atoms with Crippen molar-refractivity contribution < 1.29 is 72.2 Å². The zero-order valence-corrected chi connectivity index (χ0v) is 39.5. The third-order valence-corrected chi connectivity index (χ3v) is 14.7. The highest BCUT2D eigenvalue weighted by atomic mass is 16.6. The molecule has 0 radical (unpaired) electrons. The molecule has 1 saturated heterocycles. The first kappa shape index (κ1) is 49.4. The maximum Gasteiger partial charge on any atom is 0.350 e. The molecular formula is C54H55NO15. The van der Waals surface area contributed by atoms with Gasteiger partial charge in [0.25, 0.3) is 5.91 Å². The van der Waals surface area contributed by atoms with Crippen LogP contribution in [0.15, 0.2) is 132 Å². The highest BCUT2D eigenvalue weighted by Gasteiger charge is 2.78. The predicted molar refractivity (Wildman–Crippen MR) is 247 cm³/mol. The van der Waals surface area contributed by atoms with Gasteiger partial charge in [-0.05, 0) is 67.0 Å². The lowest BCUT2D eigenvalue weighted by Crippen LogP contribution is -2.82. The van der Waals surface area contributed by atoms with E-state index in [9.17, 15) is 34.2 Å². The fourth-order valence-electron chi connectivity index (χ4n) is 11.0. The van der Waals surface area contributed by atoms with E-state index >= 15 is 9.59 Å². The van der Waals surface area contributed by atoms with Crippen LogP contribution in [-0.2, 0) is 47.6 Å². The van der Waals surface area contributed by atoms with Crippen molar-refractivity contribution in [3.63, 3.8) is 0 Å². The molecule has 11 unspecified atom stereocenters. The van der Waals surface area contributed by atoms with E-state index in [0.29, 0.717) is 5.56 Å². The quantitative estimate of drug-likeness (QED) is 0.0892. The summed E-state index contributed by atoms with van der Waals surface area (Å²) in [6, 6.07) is 30.7. The summed E-state index contributed by atoms with van der Waals surface area (Å²) >= 11 is 0. The number of carbonyl (C=O) groups excluding carboxylic acids is 7. The second kappa shape index (κ2) is 19.1. The van der Waals surface area contributed by atoms with Crippen LogP contribution in [0.4, 0.5) is 0 Å². The van der Waals surface area contributed by atoms with Gasteiger partial charge in [-0.3, -0.25) is 19.2 Å². The molecule has 0 spiro atoms. The highest BCUT2D eigenvalue weighted by molar-refractivity contribution is 5.97. The summed E-state index contributed by atoms with van der Waals surface area (Å²) in [5.74, 6) is -7.92. The topological polar surface area (TPSA) is 227 Å². The highest BCUT2D eigenvalue weighted by Crippen LogP contribution is 2.64. The first-order chi connectivity index (χ1) is 33.2. The van der Waals surface area contributed by atoms with Crippen molar-refractivity contribution in [1.29, 1.82) is 0 Å². The van der Waals surface area contributed by atoms with E-state index in [0.717, 1.165) is 13.8 Å². The van der Waals surface area contributed by atoms with Crippen LogP contribution in [0.1, 0.15) is 97.1 Å². The number of hydrogen-bond acceptors (Lipinski definition) is 15. The Labute approximate surface area is 404 Å². The van der Waals surface area contributed by atoms with Crippen LogP contribution in [0.3, 0.4) is 0 Å². The van der Waals surface area contributed by atoms with Crippen LogP contribution >= 0.6 is 0 Å². The van der Waals surface area contributed by atoms with Crippen LogP contribution in [0.2, 0.25) is 0 Å².